The number of ketones is 1. The maximum Gasteiger partial charge on any atom is 0.211 e. The second-order valence-corrected chi connectivity index (χ2v) is 7.11. The van der Waals surface area contributed by atoms with Gasteiger partial charge in [-0.3, -0.25) is 4.79 Å². The van der Waals surface area contributed by atoms with Gasteiger partial charge in [-0.1, -0.05) is 18.2 Å². The molecule has 2 aromatic carbocycles. The number of Topliss-reactive ketones (excluding diaryl/α,β-unsaturated/α-hetero) is 1. The maximum atomic E-state index is 13.6. The molecule has 5 heteroatoms. The minimum atomic E-state index is 0.0279. The first-order chi connectivity index (χ1) is 13.5. The number of aryl methyl sites for hydroxylation is 1. The fraction of sp³-hybridized carbons (Fsp3) is 0.261. The van der Waals surface area contributed by atoms with Crippen LogP contribution in [-0.4, -0.2) is 43.5 Å². The molecule has 28 heavy (non-hydrogen) atoms. The molecule has 0 aliphatic carbocycles. The number of allylic oxidation sites excluding steroid dienone is 1. The van der Waals surface area contributed by atoms with E-state index in [0.29, 0.717) is 17.2 Å². The summed E-state index contributed by atoms with van der Waals surface area (Å²) in [5.41, 5.74) is 5.41. The average Bonchev–Trinajstić information content (AvgIpc) is 2.95. The number of nitrogens with zero attached hydrogens (tertiary/aromatic N) is 1. The van der Waals surface area contributed by atoms with Gasteiger partial charge in [0, 0.05) is 30.2 Å². The van der Waals surface area contributed by atoms with Crippen LogP contribution in [-0.2, 0) is 6.42 Å². The molecule has 1 aliphatic rings. The summed E-state index contributed by atoms with van der Waals surface area (Å²) in [6, 6.07) is 11.9. The van der Waals surface area contributed by atoms with Crippen LogP contribution in [0.15, 0.2) is 42.1 Å². The van der Waals surface area contributed by atoms with Gasteiger partial charge in [-0.05, 0) is 48.7 Å². The smallest absolute Gasteiger partial charge is 0.211 e. The first-order valence-electron chi connectivity index (χ1n) is 9.33. The fourth-order valence-corrected chi connectivity index (χ4v) is 3.89. The van der Waals surface area contributed by atoms with Gasteiger partial charge in [0.2, 0.25) is 5.78 Å². The number of rotatable bonds is 4. The molecule has 5 nitrogen and oxygen atoms in total. The highest BCUT2D eigenvalue weighted by Crippen LogP contribution is 2.34. The van der Waals surface area contributed by atoms with Gasteiger partial charge >= 0.3 is 0 Å². The minimum Gasteiger partial charge on any atom is -0.493 e. The number of methoxy groups -OCH3 is 2. The lowest BCUT2D eigenvalue weighted by Crippen LogP contribution is -2.24. The van der Waals surface area contributed by atoms with Crippen LogP contribution in [0.1, 0.15) is 27.2 Å². The number of benzene rings is 2. The Hall–Kier alpha value is -3.21. The SMILES string of the molecule is COc1cc2c(cc1OC)CCN(C)C(C(=O)c1c(C)[nH]c3ccccc13)=C2. The van der Waals surface area contributed by atoms with Gasteiger partial charge in [-0.15, -0.1) is 0 Å². The van der Waals surface area contributed by atoms with Gasteiger partial charge in [0.15, 0.2) is 11.5 Å². The zero-order valence-electron chi connectivity index (χ0n) is 16.6. The van der Waals surface area contributed by atoms with Crippen molar-refractivity contribution in [1.82, 2.24) is 9.88 Å². The molecule has 0 fully saturated rings. The van der Waals surface area contributed by atoms with E-state index in [-0.39, 0.29) is 5.78 Å². The molecule has 0 atom stereocenters. The number of fused-ring (bicyclic) bond motifs is 2. The lowest BCUT2D eigenvalue weighted by molar-refractivity contribution is 0.100. The second-order valence-electron chi connectivity index (χ2n) is 7.11. The normalized spacial score (nSPS) is 13.7. The first kappa shape index (κ1) is 18.2. The van der Waals surface area contributed by atoms with E-state index in [1.807, 2.05) is 61.3 Å². The van der Waals surface area contributed by atoms with Gasteiger partial charge < -0.3 is 19.4 Å². The van der Waals surface area contributed by atoms with Crippen LogP contribution in [0.4, 0.5) is 0 Å². The predicted octanol–water partition coefficient (Wildman–Crippen LogP) is 4.21. The number of nitrogens with one attached hydrogen (secondary N) is 1. The van der Waals surface area contributed by atoms with E-state index in [1.54, 1.807) is 14.2 Å². The highest BCUT2D eigenvalue weighted by Gasteiger charge is 2.25. The molecule has 4 rings (SSSR count). The second kappa shape index (κ2) is 7.08. The molecule has 0 radical (unpaired) electrons. The highest BCUT2D eigenvalue weighted by molar-refractivity contribution is 6.18. The predicted molar refractivity (Wildman–Crippen MR) is 111 cm³/mol. The van der Waals surface area contributed by atoms with Crippen LogP contribution < -0.4 is 9.47 Å². The number of carbonyl (C=O) groups is 1. The number of likely N-dealkylation sites (N-methyl/N-ethyl adjacent to an activating group) is 1. The van der Waals surface area contributed by atoms with Crippen molar-refractivity contribution in [2.75, 3.05) is 27.8 Å². The molecular weight excluding hydrogens is 352 g/mol. The van der Waals surface area contributed by atoms with Crippen molar-refractivity contribution in [2.45, 2.75) is 13.3 Å². The third-order valence-corrected chi connectivity index (χ3v) is 5.42. The highest BCUT2D eigenvalue weighted by atomic mass is 16.5. The lowest BCUT2D eigenvalue weighted by Gasteiger charge is -2.20. The molecule has 1 aromatic heterocycles. The molecule has 1 N–H and O–H groups in total. The van der Waals surface area contributed by atoms with E-state index in [4.69, 9.17) is 9.47 Å². The zero-order valence-corrected chi connectivity index (χ0v) is 16.6. The molecule has 1 aliphatic heterocycles. The Morgan fingerprint density at radius 2 is 1.82 bits per heavy atom. The standard InChI is InChI=1S/C23H24N2O3/c1-14-22(17-7-5-6-8-18(17)24-14)23(26)19-11-16-13-21(28-4)20(27-3)12-15(16)9-10-25(19)2/h5-8,11-13,24H,9-10H2,1-4H3. The summed E-state index contributed by atoms with van der Waals surface area (Å²) in [5, 5.41) is 0.955. The zero-order chi connectivity index (χ0) is 19.8. The first-order valence-corrected chi connectivity index (χ1v) is 9.33. The molecule has 0 saturated heterocycles. The van der Waals surface area contributed by atoms with Gasteiger partial charge in [0.1, 0.15) is 0 Å². The molecule has 0 saturated carbocycles. The summed E-state index contributed by atoms with van der Waals surface area (Å²) in [6.45, 7) is 2.70. The Labute approximate surface area is 164 Å². The number of para-hydroxylation sites is 1. The maximum absolute atomic E-state index is 13.6. The summed E-state index contributed by atoms with van der Waals surface area (Å²) >= 11 is 0. The fourth-order valence-electron chi connectivity index (χ4n) is 3.89. The van der Waals surface area contributed by atoms with Crippen LogP contribution in [0.3, 0.4) is 0 Å². The van der Waals surface area contributed by atoms with E-state index < -0.39 is 0 Å². The van der Waals surface area contributed by atoms with Crippen molar-refractivity contribution in [2.24, 2.45) is 0 Å². The summed E-state index contributed by atoms with van der Waals surface area (Å²) in [7, 11) is 5.23. The molecule has 0 unspecified atom stereocenters. The van der Waals surface area contributed by atoms with Crippen LogP contribution in [0, 0.1) is 6.92 Å². The van der Waals surface area contributed by atoms with Crippen molar-refractivity contribution in [3.05, 3.63) is 64.5 Å². The number of ether oxygens (including phenoxy) is 2. The van der Waals surface area contributed by atoms with Crippen LogP contribution in [0.25, 0.3) is 17.0 Å². The molecular formula is C23H24N2O3. The number of aromatic amines is 1. The summed E-state index contributed by atoms with van der Waals surface area (Å²) in [5.74, 6) is 1.40. The van der Waals surface area contributed by atoms with Crippen LogP contribution >= 0.6 is 0 Å². The number of hydrogen-bond donors (Lipinski definition) is 1. The molecule has 0 amide bonds. The minimum absolute atomic E-state index is 0.0279. The number of carbonyl (C=O) groups excluding carboxylic acids is 1. The molecule has 3 aromatic rings. The van der Waals surface area contributed by atoms with E-state index in [1.165, 1.54) is 0 Å². The topological polar surface area (TPSA) is 54.6 Å². The van der Waals surface area contributed by atoms with Crippen molar-refractivity contribution >= 4 is 22.8 Å². The lowest BCUT2D eigenvalue weighted by atomic mass is 10.0. The van der Waals surface area contributed by atoms with Crippen LogP contribution in [0.5, 0.6) is 11.5 Å². The van der Waals surface area contributed by atoms with E-state index in [2.05, 4.69) is 4.98 Å². The Kier molecular flexibility index (Phi) is 4.59. The van der Waals surface area contributed by atoms with Crippen molar-refractivity contribution in [1.29, 1.82) is 0 Å². The number of hydrogen-bond acceptors (Lipinski definition) is 4. The van der Waals surface area contributed by atoms with Crippen molar-refractivity contribution < 1.29 is 14.3 Å². The molecule has 0 spiro atoms. The van der Waals surface area contributed by atoms with Gasteiger partial charge in [0.05, 0.1) is 25.5 Å². The Morgan fingerprint density at radius 3 is 2.57 bits per heavy atom. The summed E-state index contributed by atoms with van der Waals surface area (Å²) in [4.78, 5) is 18.9. The number of aromatic nitrogens is 1. The molecule has 2 heterocycles. The number of H-pyrrole nitrogens is 1. The summed E-state index contributed by atoms with van der Waals surface area (Å²) < 4.78 is 10.9. The monoisotopic (exact) mass is 376 g/mol. The molecule has 144 valence electrons. The van der Waals surface area contributed by atoms with Crippen molar-refractivity contribution in [3.8, 4) is 11.5 Å². The third kappa shape index (κ3) is 2.93. The van der Waals surface area contributed by atoms with E-state index in [9.17, 15) is 4.79 Å². The average molecular weight is 376 g/mol. The Morgan fingerprint density at radius 1 is 1.11 bits per heavy atom. The Balaban J connectivity index is 1.85. The van der Waals surface area contributed by atoms with Gasteiger partial charge in [-0.25, -0.2) is 0 Å². The molecule has 0 bridgehead atoms. The van der Waals surface area contributed by atoms with Gasteiger partial charge in [-0.2, -0.15) is 0 Å². The third-order valence-electron chi connectivity index (χ3n) is 5.42. The van der Waals surface area contributed by atoms with E-state index in [0.717, 1.165) is 46.3 Å². The van der Waals surface area contributed by atoms with E-state index >= 15 is 0 Å². The van der Waals surface area contributed by atoms with Crippen LogP contribution in [0.2, 0.25) is 0 Å². The largest absolute Gasteiger partial charge is 0.493 e. The van der Waals surface area contributed by atoms with Gasteiger partial charge in [0.25, 0.3) is 0 Å². The summed E-state index contributed by atoms with van der Waals surface area (Å²) in [6.07, 6.45) is 2.79. The Bertz CT molecular complexity index is 1090. The quantitative estimate of drug-likeness (QED) is 0.693. The van der Waals surface area contributed by atoms with Crippen molar-refractivity contribution in [3.63, 3.8) is 0 Å².